The Hall–Kier alpha value is -2.57. The summed E-state index contributed by atoms with van der Waals surface area (Å²) in [5, 5.41) is 31.9. The Morgan fingerprint density at radius 1 is 1.47 bits per heavy atom. The van der Waals surface area contributed by atoms with Crippen LogP contribution in [0.1, 0.15) is 22.1 Å². The molecule has 0 aromatic carbocycles. The molecule has 11 nitrogen and oxygen atoms in total. The van der Waals surface area contributed by atoms with Gasteiger partial charge in [-0.05, 0) is 6.07 Å². The summed E-state index contributed by atoms with van der Waals surface area (Å²) < 4.78 is 13.2. The summed E-state index contributed by atoms with van der Waals surface area (Å²) in [6, 6.07) is 0.880. The molecule has 3 aromatic rings. The number of carbonyl (C=O) groups is 1. The molecule has 14 heteroatoms. The lowest BCUT2D eigenvalue weighted by molar-refractivity contribution is -0.186. The van der Waals surface area contributed by atoms with Crippen molar-refractivity contribution in [2.45, 2.75) is 34.7 Å². The van der Waals surface area contributed by atoms with E-state index >= 15 is 0 Å². The zero-order valence-electron chi connectivity index (χ0n) is 19.5. The number of ether oxygens (including phenoxy) is 2. The van der Waals surface area contributed by atoms with Crippen LogP contribution in [0.2, 0.25) is 5.15 Å². The maximum absolute atomic E-state index is 12.8. The van der Waals surface area contributed by atoms with Crippen molar-refractivity contribution in [3.63, 3.8) is 0 Å². The maximum atomic E-state index is 12.8. The van der Waals surface area contributed by atoms with Gasteiger partial charge >= 0.3 is 0 Å². The molecule has 2 N–H and O–H groups in total. The van der Waals surface area contributed by atoms with E-state index in [4.69, 9.17) is 27.5 Å². The molecule has 0 spiro atoms. The molecule has 0 radical (unpaired) electrons. The van der Waals surface area contributed by atoms with Gasteiger partial charge < -0.3 is 24.6 Å². The second-order valence-electron chi connectivity index (χ2n) is 8.00. The van der Waals surface area contributed by atoms with E-state index in [0.717, 1.165) is 11.8 Å². The number of halogens is 1. The van der Waals surface area contributed by atoms with Crippen molar-refractivity contribution in [2.24, 2.45) is 0 Å². The number of methoxy groups -OCH3 is 1. The van der Waals surface area contributed by atoms with Gasteiger partial charge in [0, 0.05) is 43.2 Å². The second-order valence-corrected chi connectivity index (χ2v) is 10.4. The number of aliphatic hydroxyl groups is 2. The molecule has 1 saturated heterocycles. The van der Waals surface area contributed by atoms with Crippen LogP contribution < -0.4 is 0 Å². The predicted octanol–water partition coefficient (Wildman–Crippen LogP) is 1.56. The number of nitrogens with zero attached hydrogens (tertiary/aromatic N) is 6. The average molecular weight is 551 g/mol. The topological polar surface area (TPSA) is 136 Å². The highest BCUT2D eigenvalue weighted by Crippen LogP contribution is 2.40. The molecule has 36 heavy (non-hydrogen) atoms. The number of pyridine rings is 1. The third-order valence-corrected chi connectivity index (χ3v) is 7.84. The van der Waals surface area contributed by atoms with Crippen LogP contribution in [0.3, 0.4) is 0 Å². The number of aliphatic hydroxyl groups excluding tert-OH is 2. The summed E-state index contributed by atoms with van der Waals surface area (Å²) in [4.78, 5) is 23.1. The first-order chi connectivity index (χ1) is 17.3. The van der Waals surface area contributed by atoms with Crippen LogP contribution in [0.15, 0.2) is 28.7 Å². The number of rotatable bonds is 7. The molecule has 190 valence electrons. The van der Waals surface area contributed by atoms with Gasteiger partial charge in [-0.15, -0.1) is 22.9 Å². The van der Waals surface area contributed by atoms with Crippen molar-refractivity contribution in [3.8, 4) is 23.0 Å². The van der Waals surface area contributed by atoms with E-state index in [1.807, 2.05) is 0 Å². The van der Waals surface area contributed by atoms with Gasteiger partial charge in [0.05, 0.1) is 12.8 Å². The van der Waals surface area contributed by atoms with E-state index in [-0.39, 0.29) is 11.6 Å². The summed E-state index contributed by atoms with van der Waals surface area (Å²) in [6.45, 7) is -0.457. The molecule has 1 aliphatic rings. The molecule has 3 aromatic heterocycles. The Bertz CT molecular complexity index is 1280. The van der Waals surface area contributed by atoms with E-state index in [9.17, 15) is 15.0 Å². The Labute approximate surface area is 220 Å². The lowest BCUT2D eigenvalue weighted by Gasteiger charge is -2.43. The van der Waals surface area contributed by atoms with Gasteiger partial charge in [-0.1, -0.05) is 34.5 Å². The Balaban J connectivity index is 1.70. The highest BCUT2D eigenvalue weighted by molar-refractivity contribution is 8.00. The normalized spacial score (nSPS) is 23.9. The minimum absolute atomic E-state index is 0.189. The molecule has 1 aliphatic heterocycles. The van der Waals surface area contributed by atoms with Gasteiger partial charge in [0.1, 0.15) is 51.3 Å². The van der Waals surface area contributed by atoms with Gasteiger partial charge in [-0.25, -0.2) is 14.6 Å². The second kappa shape index (κ2) is 11.2. The molecular weight excluding hydrogens is 528 g/mol. The van der Waals surface area contributed by atoms with E-state index < -0.39 is 36.4 Å². The lowest BCUT2D eigenvalue weighted by atomic mass is 9.97. The van der Waals surface area contributed by atoms with Crippen LogP contribution in [0.4, 0.5) is 0 Å². The molecular formula is C22H23ClN6O5S2. The fourth-order valence-electron chi connectivity index (χ4n) is 3.71. The number of thiazole rings is 1. The number of carbonyl (C=O) groups excluding carboxylic acids is 1. The van der Waals surface area contributed by atoms with Crippen LogP contribution >= 0.6 is 34.7 Å². The van der Waals surface area contributed by atoms with Crippen molar-refractivity contribution in [1.29, 1.82) is 0 Å². The largest absolute Gasteiger partial charge is 0.394 e. The summed E-state index contributed by atoms with van der Waals surface area (Å²) in [6.07, 6.45) is 5.72. The van der Waals surface area contributed by atoms with E-state index in [2.05, 4.69) is 26.2 Å². The van der Waals surface area contributed by atoms with Crippen molar-refractivity contribution in [3.05, 3.63) is 40.3 Å². The number of terminal acetylenes is 1. The minimum atomic E-state index is -1.18. The smallest absolute Gasteiger partial charge is 0.273 e. The summed E-state index contributed by atoms with van der Waals surface area (Å²) in [5.41, 5.74) is 0.367. The highest BCUT2D eigenvalue weighted by atomic mass is 35.5. The van der Waals surface area contributed by atoms with Crippen molar-refractivity contribution in [1.82, 2.24) is 29.9 Å². The summed E-state index contributed by atoms with van der Waals surface area (Å²) in [5.74, 6) is 2.20. The fraction of sp³-hybridized carbons (Fsp3) is 0.409. The number of thioether (sulfide) groups is 1. The third-order valence-electron chi connectivity index (χ3n) is 5.48. The van der Waals surface area contributed by atoms with E-state index in [1.54, 1.807) is 31.7 Å². The molecule has 4 heterocycles. The maximum Gasteiger partial charge on any atom is 0.273 e. The number of amides is 1. The highest BCUT2D eigenvalue weighted by Gasteiger charge is 2.48. The first-order valence-corrected chi connectivity index (χ1v) is 12.8. The van der Waals surface area contributed by atoms with Crippen LogP contribution in [-0.4, -0.2) is 97.5 Å². The van der Waals surface area contributed by atoms with Gasteiger partial charge in [0.2, 0.25) is 0 Å². The van der Waals surface area contributed by atoms with Crippen LogP contribution in [0, 0.1) is 12.3 Å². The monoisotopic (exact) mass is 550 g/mol. The van der Waals surface area contributed by atoms with Gasteiger partial charge in [0.25, 0.3) is 5.91 Å². The number of aromatic nitrogens is 5. The van der Waals surface area contributed by atoms with Crippen LogP contribution in [0.5, 0.6) is 0 Å². The third kappa shape index (κ3) is 5.25. The lowest BCUT2D eigenvalue weighted by Crippen LogP contribution is -2.55. The first-order valence-electron chi connectivity index (χ1n) is 10.6. The van der Waals surface area contributed by atoms with E-state index in [0.29, 0.717) is 26.3 Å². The van der Waals surface area contributed by atoms with Crippen molar-refractivity contribution >= 4 is 40.6 Å². The van der Waals surface area contributed by atoms with Gasteiger partial charge in [0.15, 0.2) is 0 Å². The quantitative estimate of drug-likeness (QED) is 0.417. The number of hydrogen-bond donors (Lipinski definition) is 2. The Morgan fingerprint density at radius 3 is 2.86 bits per heavy atom. The molecule has 0 saturated carbocycles. The SMILES string of the molecule is C#Cc1cnc(C(=O)N(C)C)c(SC2OC(CO)C(O)C(n3cc(-c4nc(Cl)cs4)nn3)C2OC)c1. The standard InChI is InChI=1S/C22H23ClN6O5S2/c1-5-11-6-14(16(24-7-11)21(32)28(2)3)36-22-19(33-4)17(18(31)13(9-30)34-22)29-8-12(26-27-29)20-25-15(23)10-35-20/h1,6-8,10,13,17-19,22,30-31H,9H2,2-4H3. The Morgan fingerprint density at radius 2 is 2.25 bits per heavy atom. The molecule has 0 bridgehead atoms. The zero-order chi connectivity index (χ0) is 26.0. The summed E-state index contributed by atoms with van der Waals surface area (Å²) >= 11 is 8.41. The minimum Gasteiger partial charge on any atom is -0.394 e. The average Bonchev–Trinajstić information content (AvgIpc) is 3.53. The van der Waals surface area contributed by atoms with Crippen LogP contribution in [-0.2, 0) is 9.47 Å². The summed E-state index contributed by atoms with van der Waals surface area (Å²) in [7, 11) is 4.71. The molecule has 5 unspecified atom stereocenters. The zero-order valence-corrected chi connectivity index (χ0v) is 21.9. The van der Waals surface area contributed by atoms with Gasteiger partial charge in [-0.3, -0.25) is 4.79 Å². The first kappa shape index (κ1) is 26.5. The number of hydrogen-bond acceptors (Lipinski definition) is 11. The van der Waals surface area contributed by atoms with E-state index in [1.165, 1.54) is 34.2 Å². The molecule has 1 fully saturated rings. The fourth-order valence-corrected chi connectivity index (χ4v) is 5.91. The van der Waals surface area contributed by atoms with Crippen molar-refractivity contribution < 1.29 is 24.5 Å². The molecule has 1 amide bonds. The molecule has 4 rings (SSSR count). The molecule has 0 aliphatic carbocycles. The van der Waals surface area contributed by atoms with Crippen molar-refractivity contribution in [2.75, 3.05) is 27.8 Å². The van der Waals surface area contributed by atoms with Gasteiger partial charge in [-0.2, -0.15) is 0 Å². The Kier molecular flexibility index (Phi) is 8.26. The molecule has 5 atom stereocenters. The predicted molar refractivity (Wildman–Crippen MR) is 134 cm³/mol. The van der Waals surface area contributed by atoms with Crippen LogP contribution in [0.25, 0.3) is 10.7 Å².